The summed E-state index contributed by atoms with van der Waals surface area (Å²) >= 11 is 0. The van der Waals surface area contributed by atoms with E-state index >= 15 is 0 Å². The first-order valence-electron chi connectivity index (χ1n) is 6.22. The number of amides is 1. The summed E-state index contributed by atoms with van der Waals surface area (Å²) in [4.78, 5) is 15.8. The van der Waals surface area contributed by atoms with Crippen LogP contribution in [-0.2, 0) is 21.4 Å². The van der Waals surface area contributed by atoms with Crippen molar-refractivity contribution in [1.82, 2.24) is 14.6 Å². The lowest BCUT2D eigenvalue weighted by molar-refractivity contribution is -0.121. The Balaban J connectivity index is 1.84. The van der Waals surface area contributed by atoms with Crippen LogP contribution in [0.1, 0.15) is 18.5 Å². The number of rotatable bonds is 4. The minimum atomic E-state index is -3.24. The monoisotopic (exact) mass is 283 g/mol. The van der Waals surface area contributed by atoms with E-state index in [-0.39, 0.29) is 18.2 Å². The second-order valence-electron chi connectivity index (χ2n) is 4.45. The topological polar surface area (TPSA) is 79.4 Å². The normalized spacial score (nSPS) is 18.9. The number of aromatic nitrogens is 1. The van der Waals surface area contributed by atoms with Crippen molar-refractivity contribution in [1.29, 1.82) is 0 Å². The van der Waals surface area contributed by atoms with E-state index < -0.39 is 10.0 Å². The van der Waals surface area contributed by atoms with E-state index in [0.29, 0.717) is 19.5 Å². The van der Waals surface area contributed by atoms with Gasteiger partial charge in [0.05, 0.1) is 24.5 Å². The van der Waals surface area contributed by atoms with Crippen LogP contribution in [0.4, 0.5) is 0 Å². The average molecular weight is 283 g/mol. The third-order valence-corrected chi connectivity index (χ3v) is 4.87. The van der Waals surface area contributed by atoms with Gasteiger partial charge in [-0.1, -0.05) is 6.07 Å². The molecule has 1 fully saturated rings. The Hall–Kier alpha value is -1.47. The highest BCUT2D eigenvalue weighted by Crippen LogP contribution is 2.12. The molecule has 0 bridgehead atoms. The second-order valence-corrected chi connectivity index (χ2v) is 6.54. The molecule has 0 spiro atoms. The molecule has 1 N–H and O–H groups in total. The number of nitrogens with zero attached hydrogens (tertiary/aromatic N) is 2. The number of hydrogen-bond acceptors (Lipinski definition) is 4. The van der Waals surface area contributed by atoms with Gasteiger partial charge in [-0.05, 0) is 25.0 Å². The Morgan fingerprint density at radius 1 is 1.37 bits per heavy atom. The SMILES string of the molecule is O=C(CN1CCCCS1(=O)=O)NCc1ccccn1. The molecule has 19 heavy (non-hydrogen) atoms. The summed E-state index contributed by atoms with van der Waals surface area (Å²) in [6.45, 7) is 0.641. The molecule has 2 rings (SSSR count). The maximum absolute atomic E-state index is 11.7. The van der Waals surface area contributed by atoms with E-state index in [4.69, 9.17) is 0 Å². The third kappa shape index (κ3) is 4.00. The summed E-state index contributed by atoms with van der Waals surface area (Å²) in [6, 6.07) is 5.44. The fraction of sp³-hybridized carbons (Fsp3) is 0.500. The average Bonchev–Trinajstić information content (AvgIpc) is 2.40. The molecular weight excluding hydrogens is 266 g/mol. The number of pyridine rings is 1. The molecule has 0 aromatic carbocycles. The molecular formula is C12H17N3O3S. The minimum Gasteiger partial charge on any atom is -0.349 e. The van der Waals surface area contributed by atoms with Crippen LogP contribution in [0, 0.1) is 0 Å². The number of carbonyl (C=O) groups excluding carboxylic acids is 1. The fourth-order valence-corrected chi connectivity index (χ4v) is 3.47. The molecule has 104 valence electrons. The van der Waals surface area contributed by atoms with E-state index in [1.165, 1.54) is 4.31 Å². The highest BCUT2D eigenvalue weighted by molar-refractivity contribution is 7.89. The largest absolute Gasteiger partial charge is 0.349 e. The van der Waals surface area contributed by atoms with Crippen LogP contribution in [0.5, 0.6) is 0 Å². The summed E-state index contributed by atoms with van der Waals surface area (Å²) in [5.41, 5.74) is 0.748. The van der Waals surface area contributed by atoms with Gasteiger partial charge in [-0.2, -0.15) is 4.31 Å². The molecule has 7 heteroatoms. The lowest BCUT2D eigenvalue weighted by Gasteiger charge is -2.25. The Labute approximate surface area is 112 Å². The molecule has 1 aromatic heterocycles. The number of carbonyl (C=O) groups is 1. The maximum atomic E-state index is 11.7. The lowest BCUT2D eigenvalue weighted by Crippen LogP contribution is -2.44. The molecule has 0 unspecified atom stereocenters. The molecule has 6 nitrogen and oxygen atoms in total. The van der Waals surface area contributed by atoms with E-state index in [9.17, 15) is 13.2 Å². The highest BCUT2D eigenvalue weighted by Gasteiger charge is 2.27. The van der Waals surface area contributed by atoms with E-state index in [1.54, 1.807) is 18.3 Å². The predicted molar refractivity (Wildman–Crippen MR) is 70.7 cm³/mol. The summed E-state index contributed by atoms with van der Waals surface area (Å²) in [5.74, 6) is -0.156. The van der Waals surface area contributed by atoms with Gasteiger partial charge in [0.25, 0.3) is 0 Å². The summed E-state index contributed by atoms with van der Waals surface area (Å²) < 4.78 is 24.7. The van der Waals surface area contributed by atoms with Crippen LogP contribution >= 0.6 is 0 Å². The molecule has 1 saturated heterocycles. The van der Waals surface area contributed by atoms with Crippen LogP contribution < -0.4 is 5.32 Å². The fourth-order valence-electron chi connectivity index (χ4n) is 1.93. The van der Waals surface area contributed by atoms with Gasteiger partial charge in [0.1, 0.15) is 0 Å². The van der Waals surface area contributed by atoms with E-state index in [2.05, 4.69) is 10.3 Å². The lowest BCUT2D eigenvalue weighted by atomic mass is 10.3. The van der Waals surface area contributed by atoms with Crippen molar-refractivity contribution < 1.29 is 13.2 Å². The van der Waals surface area contributed by atoms with Crippen molar-refractivity contribution >= 4 is 15.9 Å². The molecule has 1 aromatic rings. The van der Waals surface area contributed by atoms with Gasteiger partial charge < -0.3 is 5.32 Å². The standard InChI is InChI=1S/C12H17N3O3S/c16-12(14-9-11-5-1-2-6-13-11)10-15-7-3-4-8-19(15,17)18/h1-2,5-6H,3-4,7-10H2,(H,14,16). The van der Waals surface area contributed by atoms with Gasteiger partial charge in [0.15, 0.2) is 0 Å². The molecule has 0 atom stereocenters. The van der Waals surface area contributed by atoms with Gasteiger partial charge in [0.2, 0.25) is 15.9 Å². The zero-order valence-electron chi connectivity index (χ0n) is 10.6. The molecule has 0 saturated carbocycles. The van der Waals surface area contributed by atoms with Crippen LogP contribution in [0.3, 0.4) is 0 Å². The van der Waals surface area contributed by atoms with Crippen molar-refractivity contribution in [3.05, 3.63) is 30.1 Å². The van der Waals surface area contributed by atoms with Crippen LogP contribution in [-0.4, -0.2) is 42.5 Å². The van der Waals surface area contributed by atoms with E-state index in [0.717, 1.165) is 12.1 Å². The smallest absolute Gasteiger partial charge is 0.235 e. The Morgan fingerprint density at radius 2 is 2.21 bits per heavy atom. The van der Waals surface area contributed by atoms with Gasteiger partial charge in [0, 0.05) is 12.7 Å². The highest BCUT2D eigenvalue weighted by atomic mass is 32.2. The van der Waals surface area contributed by atoms with Crippen molar-refractivity contribution in [3.8, 4) is 0 Å². The predicted octanol–water partition coefficient (Wildman–Crippen LogP) is 0.123. The minimum absolute atomic E-state index is 0.102. The second kappa shape index (κ2) is 6.12. The Kier molecular flexibility index (Phi) is 4.49. The Morgan fingerprint density at radius 3 is 2.89 bits per heavy atom. The molecule has 1 aliphatic rings. The molecule has 1 amide bonds. The Bertz CT molecular complexity index is 530. The van der Waals surface area contributed by atoms with Gasteiger partial charge in [-0.3, -0.25) is 9.78 Å². The van der Waals surface area contributed by atoms with Gasteiger partial charge in [-0.25, -0.2) is 8.42 Å². The zero-order chi connectivity index (χ0) is 13.7. The van der Waals surface area contributed by atoms with Gasteiger partial charge in [-0.15, -0.1) is 0 Å². The first kappa shape index (κ1) is 14.0. The van der Waals surface area contributed by atoms with Crippen molar-refractivity contribution in [3.63, 3.8) is 0 Å². The first-order valence-corrected chi connectivity index (χ1v) is 7.83. The van der Waals surface area contributed by atoms with Crippen LogP contribution in [0.15, 0.2) is 24.4 Å². The maximum Gasteiger partial charge on any atom is 0.235 e. The third-order valence-electron chi connectivity index (χ3n) is 2.97. The van der Waals surface area contributed by atoms with E-state index in [1.807, 2.05) is 6.07 Å². The number of hydrogen-bond donors (Lipinski definition) is 1. The van der Waals surface area contributed by atoms with Crippen LogP contribution in [0.25, 0.3) is 0 Å². The molecule has 0 radical (unpaired) electrons. The summed E-state index contributed by atoms with van der Waals surface area (Å²) in [5, 5.41) is 2.68. The number of sulfonamides is 1. The number of nitrogens with one attached hydrogen (secondary N) is 1. The first-order chi connectivity index (χ1) is 9.08. The van der Waals surface area contributed by atoms with Crippen molar-refractivity contribution in [2.75, 3.05) is 18.8 Å². The van der Waals surface area contributed by atoms with Crippen molar-refractivity contribution in [2.45, 2.75) is 19.4 Å². The van der Waals surface area contributed by atoms with Crippen molar-refractivity contribution in [2.24, 2.45) is 0 Å². The quantitative estimate of drug-likeness (QED) is 0.851. The summed E-state index contributed by atoms with van der Waals surface area (Å²) in [6.07, 6.45) is 3.14. The van der Waals surface area contributed by atoms with Gasteiger partial charge >= 0.3 is 0 Å². The zero-order valence-corrected chi connectivity index (χ0v) is 11.4. The molecule has 0 aliphatic carbocycles. The molecule has 1 aliphatic heterocycles. The molecule has 2 heterocycles. The summed E-state index contributed by atoms with van der Waals surface area (Å²) in [7, 11) is -3.24. The van der Waals surface area contributed by atoms with Crippen LogP contribution in [0.2, 0.25) is 0 Å².